The van der Waals surface area contributed by atoms with Gasteiger partial charge in [-0.2, -0.15) is 0 Å². The smallest absolute Gasteiger partial charge is 0.215 e. The van der Waals surface area contributed by atoms with Crippen LogP contribution in [0, 0.1) is 0 Å². The van der Waals surface area contributed by atoms with Gasteiger partial charge in [-0.1, -0.05) is 35.9 Å². The van der Waals surface area contributed by atoms with E-state index in [1.165, 1.54) is 17.2 Å². The van der Waals surface area contributed by atoms with E-state index in [0.717, 1.165) is 13.0 Å². The van der Waals surface area contributed by atoms with Crippen LogP contribution in [0.25, 0.3) is 0 Å². The normalized spacial score (nSPS) is 18.8. The van der Waals surface area contributed by atoms with Gasteiger partial charge in [-0.05, 0) is 30.0 Å². The summed E-state index contributed by atoms with van der Waals surface area (Å²) in [4.78, 5) is 16.7. The van der Waals surface area contributed by atoms with Crippen molar-refractivity contribution in [3.8, 4) is 5.88 Å². The molecule has 3 heterocycles. The molecule has 2 aromatic rings. The van der Waals surface area contributed by atoms with Gasteiger partial charge in [0.2, 0.25) is 5.88 Å². The molecule has 9 heteroatoms. The fourth-order valence-corrected chi connectivity index (χ4v) is 3.72. The van der Waals surface area contributed by atoms with Crippen molar-refractivity contribution >= 4 is 42.2 Å². The molecule has 1 saturated heterocycles. The Labute approximate surface area is 193 Å². The van der Waals surface area contributed by atoms with Crippen molar-refractivity contribution < 1.29 is 19.4 Å². The number of aromatic nitrogens is 1. The number of aliphatic hydroxyl groups excluding tert-OH is 1. The molecule has 1 fully saturated rings. The molecule has 0 radical (unpaired) electrons. The molecular weight excluding hydrogens is 451 g/mol. The first-order valence-electron chi connectivity index (χ1n) is 9.52. The number of ether oxygens (including phenoxy) is 2. The Balaban J connectivity index is 0.00000160. The summed E-state index contributed by atoms with van der Waals surface area (Å²) in [7, 11) is 0. The Kier molecular flexibility index (Phi) is 9.34. The Bertz CT molecular complexity index is 864. The fourth-order valence-electron chi connectivity index (χ4n) is 3.52. The van der Waals surface area contributed by atoms with Gasteiger partial charge in [-0.15, -0.1) is 24.8 Å². The van der Waals surface area contributed by atoms with Gasteiger partial charge in [0.15, 0.2) is 5.78 Å². The maximum Gasteiger partial charge on any atom is 0.215 e. The molecule has 0 amide bonds. The molecule has 4 rings (SSSR count). The van der Waals surface area contributed by atoms with E-state index in [1.54, 1.807) is 6.07 Å². The molecule has 164 valence electrons. The molecule has 0 bridgehead atoms. The van der Waals surface area contributed by atoms with Gasteiger partial charge in [0.25, 0.3) is 0 Å². The largest absolute Gasteiger partial charge is 0.469 e. The summed E-state index contributed by atoms with van der Waals surface area (Å²) in [6.07, 6.45) is 0.723. The summed E-state index contributed by atoms with van der Waals surface area (Å²) in [6.45, 7) is 1.76. The van der Waals surface area contributed by atoms with E-state index in [9.17, 15) is 9.90 Å². The minimum absolute atomic E-state index is 0. The zero-order valence-electron chi connectivity index (χ0n) is 16.3. The van der Waals surface area contributed by atoms with Crippen molar-refractivity contribution in [2.75, 3.05) is 13.2 Å². The molecule has 0 unspecified atom stereocenters. The van der Waals surface area contributed by atoms with Gasteiger partial charge in [0, 0.05) is 30.6 Å². The summed E-state index contributed by atoms with van der Waals surface area (Å²) >= 11 is 6.04. The Morgan fingerprint density at radius 3 is 2.70 bits per heavy atom. The first-order chi connectivity index (χ1) is 13.6. The average molecular weight is 476 g/mol. The highest BCUT2D eigenvalue weighted by Crippen LogP contribution is 2.23. The summed E-state index contributed by atoms with van der Waals surface area (Å²) in [6, 6.07) is 11.3. The topological polar surface area (TPSA) is 80.7 Å². The third-order valence-corrected chi connectivity index (χ3v) is 5.43. The zero-order chi connectivity index (χ0) is 19.5. The number of rotatable bonds is 7. The molecule has 2 aliphatic heterocycles. The highest BCUT2D eigenvalue weighted by atomic mass is 35.5. The monoisotopic (exact) mass is 474 g/mol. The predicted octanol–water partition coefficient (Wildman–Crippen LogP) is 3.39. The van der Waals surface area contributed by atoms with Crippen LogP contribution >= 0.6 is 36.4 Å². The number of benzene rings is 1. The van der Waals surface area contributed by atoms with Crippen LogP contribution in [0.4, 0.5) is 0 Å². The van der Waals surface area contributed by atoms with Crippen LogP contribution in [0.5, 0.6) is 5.88 Å². The molecule has 2 N–H and O–H groups in total. The van der Waals surface area contributed by atoms with Gasteiger partial charge in [-0.25, -0.2) is 4.98 Å². The lowest BCUT2D eigenvalue weighted by Crippen LogP contribution is -2.44. The standard InChI is InChI=1S/C21H23ClN2O4.2ClH/c22-20-8-15(9-21(24-20)28-16-11-27-12-16)18(25)5-6-19(26)17-7-13-3-1-2-4-14(13)10-23-17;;/h1-4,8-9,16-17,19,23,26H,5-7,10-12H2;2*1H/t17-,19+;;/m0../s1. The first kappa shape index (κ1) is 24.9. The minimum atomic E-state index is -0.600. The number of hydrogen-bond acceptors (Lipinski definition) is 6. The van der Waals surface area contributed by atoms with Crippen LogP contribution in [0.15, 0.2) is 36.4 Å². The van der Waals surface area contributed by atoms with Crippen LogP contribution in [-0.2, 0) is 17.7 Å². The molecule has 1 aromatic carbocycles. The quantitative estimate of drug-likeness (QED) is 0.472. The SMILES string of the molecule is Cl.Cl.O=C(CC[C@@H](O)[C@@H]1Cc2ccccc2CN1)c1cc(Cl)nc(OC2COC2)c1. The third-order valence-electron chi connectivity index (χ3n) is 5.23. The molecule has 1 aromatic heterocycles. The maximum atomic E-state index is 12.6. The number of Topliss-reactive ketones (excluding diaryl/α,β-unsaturated/α-hetero) is 1. The highest BCUT2D eigenvalue weighted by molar-refractivity contribution is 6.29. The molecule has 6 nitrogen and oxygen atoms in total. The number of fused-ring (bicyclic) bond motifs is 1. The molecule has 2 aliphatic rings. The van der Waals surface area contributed by atoms with Crippen LogP contribution in [0.2, 0.25) is 5.15 Å². The van der Waals surface area contributed by atoms with Crippen LogP contribution in [0.1, 0.15) is 34.3 Å². The molecular formula is C21H25Cl3N2O4. The Morgan fingerprint density at radius 2 is 2.00 bits per heavy atom. The van der Waals surface area contributed by atoms with Crippen LogP contribution in [-0.4, -0.2) is 47.3 Å². The van der Waals surface area contributed by atoms with E-state index in [-0.39, 0.29) is 54.3 Å². The summed E-state index contributed by atoms with van der Waals surface area (Å²) in [5.74, 6) is 0.240. The number of halogens is 3. The second-order valence-electron chi connectivity index (χ2n) is 7.28. The number of ketones is 1. The number of pyridine rings is 1. The molecule has 30 heavy (non-hydrogen) atoms. The van der Waals surface area contributed by atoms with E-state index in [1.807, 2.05) is 12.1 Å². The van der Waals surface area contributed by atoms with Gasteiger partial charge in [0.05, 0.1) is 19.3 Å². The second kappa shape index (κ2) is 11.3. The lowest BCUT2D eigenvalue weighted by Gasteiger charge is -2.29. The molecule has 0 aliphatic carbocycles. The first-order valence-corrected chi connectivity index (χ1v) is 9.89. The Morgan fingerprint density at radius 1 is 1.27 bits per heavy atom. The zero-order valence-corrected chi connectivity index (χ0v) is 18.6. The molecule has 0 spiro atoms. The van der Waals surface area contributed by atoms with Crippen LogP contribution in [0.3, 0.4) is 0 Å². The van der Waals surface area contributed by atoms with Gasteiger partial charge >= 0.3 is 0 Å². The second-order valence-corrected chi connectivity index (χ2v) is 7.67. The van der Waals surface area contributed by atoms with Crippen molar-refractivity contribution in [3.63, 3.8) is 0 Å². The summed E-state index contributed by atoms with van der Waals surface area (Å²) < 4.78 is 10.7. The van der Waals surface area contributed by atoms with Crippen molar-refractivity contribution in [1.82, 2.24) is 10.3 Å². The van der Waals surface area contributed by atoms with Crippen LogP contribution < -0.4 is 10.1 Å². The van der Waals surface area contributed by atoms with E-state index >= 15 is 0 Å². The number of nitrogens with one attached hydrogen (secondary N) is 1. The molecule has 2 atom stereocenters. The van der Waals surface area contributed by atoms with Gasteiger partial charge in [0.1, 0.15) is 11.3 Å². The van der Waals surface area contributed by atoms with Crippen molar-refractivity contribution in [1.29, 1.82) is 0 Å². The maximum absolute atomic E-state index is 12.6. The van der Waals surface area contributed by atoms with E-state index in [2.05, 4.69) is 22.4 Å². The van der Waals surface area contributed by atoms with Gasteiger partial charge in [-0.3, -0.25) is 4.79 Å². The van der Waals surface area contributed by atoms with Gasteiger partial charge < -0.3 is 19.9 Å². The van der Waals surface area contributed by atoms with E-state index in [0.29, 0.717) is 31.1 Å². The Hall–Kier alpha value is -1.41. The minimum Gasteiger partial charge on any atom is -0.469 e. The van der Waals surface area contributed by atoms with Crippen molar-refractivity contribution in [3.05, 3.63) is 58.2 Å². The van der Waals surface area contributed by atoms with Crippen molar-refractivity contribution in [2.45, 2.75) is 44.1 Å². The molecule has 0 saturated carbocycles. The summed E-state index contributed by atoms with van der Waals surface area (Å²) in [5, 5.41) is 14.2. The number of carbonyl (C=O) groups is 1. The lowest BCUT2D eigenvalue weighted by atomic mass is 9.91. The van der Waals surface area contributed by atoms with E-state index in [4.69, 9.17) is 21.1 Å². The number of nitrogens with zero attached hydrogens (tertiary/aromatic N) is 1. The number of carbonyl (C=O) groups excluding carboxylic acids is 1. The highest BCUT2D eigenvalue weighted by Gasteiger charge is 2.25. The summed E-state index contributed by atoms with van der Waals surface area (Å²) in [5.41, 5.74) is 2.96. The van der Waals surface area contributed by atoms with E-state index < -0.39 is 6.10 Å². The average Bonchev–Trinajstić information content (AvgIpc) is 2.68. The predicted molar refractivity (Wildman–Crippen MR) is 119 cm³/mol. The third kappa shape index (κ3) is 6.06. The lowest BCUT2D eigenvalue weighted by molar-refractivity contribution is -0.0813. The van der Waals surface area contributed by atoms with Crippen molar-refractivity contribution in [2.24, 2.45) is 0 Å². The number of hydrogen-bond donors (Lipinski definition) is 2. The fraction of sp³-hybridized carbons (Fsp3) is 0.429. The number of aliphatic hydroxyl groups is 1.